The zero-order valence-electron chi connectivity index (χ0n) is 13.4. The van der Waals surface area contributed by atoms with Gasteiger partial charge in [0.15, 0.2) is 0 Å². The molecule has 0 aliphatic rings. The average molecular weight is 294 g/mol. The van der Waals surface area contributed by atoms with Crippen molar-refractivity contribution < 1.29 is 14.3 Å². The Morgan fingerprint density at radius 2 is 1.76 bits per heavy atom. The number of methoxy groups -OCH3 is 2. The van der Waals surface area contributed by atoms with E-state index in [4.69, 9.17) is 9.47 Å². The first-order chi connectivity index (χ1) is 10.1. The van der Waals surface area contributed by atoms with Crippen LogP contribution >= 0.6 is 0 Å². The van der Waals surface area contributed by atoms with Gasteiger partial charge in [-0.15, -0.1) is 0 Å². The lowest BCUT2D eigenvalue weighted by Gasteiger charge is -2.21. The monoisotopic (exact) mass is 294 g/mol. The molecule has 0 fully saturated rings. The maximum absolute atomic E-state index is 12.2. The van der Waals surface area contributed by atoms with E-state index in [1.54, 1.807) is 14.2 Å². The number of carbonyl (C=O) groups excluding carboxylic acids is 1. The fraction of sp³-hybridized carbons (Fsp3) is 0.562. The number of hydrogen-bond acceptors (Lipinski definition) is 4. The summed E-state index contributed by atoms with van der Waals surface area (Å²) in [7, 11) is 3.31. The van der Waals surface area contributed by atoms with Crippen molar-refractivity contribution in [2.75, 3.05) is 52.4 Å². The molecule has 0 aliphatic heterocycles. The smallest absolute Gasteiger partial charge is 0.238 e. The van der Waals surface area contributed by atoms with Crippen LogP contribution in [0.25, 0.3) is 0 Å². The zero-order valence-corrected chi connectivity index (χ0v) is 13.4. The Kier molecular flexibility index (Phi) is 7.97. The summed E-state index contributed by atoms with van der Waals surface area (Å²) in [4.78, 5) is 14.2. The third-order valence-corrected chi connectivity index (χ3v) is 3.47. The maximum atomic E-state index is 12.2. The lowest BCUT2D eigenvalue weighted by atomic mass is 10.1. The molecule has 1 aromatic carbocycles. The number of benzene rings is 1. The molecule has 1 aromatic rings. The number of aryl methyl sites for hydroxylation is 1. The summed E-state index contributed by atoms with van der Waals surface area (Å²) in [5.41, 5.74) is 3.15. The van der Waals surface area contributed by atoms with E-state index < -0.39 is 0 Å². The number of nitrogens with one attached hydrogen (secondary N) is 1. The lowest BCUT2D eigenvalue weighted by molar-refractivity contribution is -0.117. The van der Waals surface area contributed by atoms with Gasteiger partial charge in [-0.1, -0.05) is 12.1 Å². The molecule has 0 radical (unpaired) electrons. The Labute approximate surface area is 127 Å². The number of nitrogens with zero attached hydrogens (tertiary/aromatic N) is 1. The number of amides is 1. The Hall–Kier alpha value is -1.43. The summed E-state index contributed by atoms with van der Waals surface area (Å²) in [6.07, 6.45) is 0. The standard InChI is InChI=1S/C16H26N2O3/c1-13-6-5-7-15(14(13)2)17-16(19)12-18(8-10-20-3)9-11-21-4/h5-7H,8-12H2,1-4H3,(H,17,19). The molecule has 0 saturated carbocycles. The largest absolute Gasteiger partial charge is 0.383 e. The van der Waals surface area contributed by atoms with Crippen molar-refractivity contribution in [3.63, 3.8) is 0 Å². The first kappa shape index (κ1) is 17.6. The van der Waals surface area contributed by atoms with E-state index in [1.165, 1.54) is 5.56 Å². The van der Waals surface area contributed by atoms with E-state index in [0.29, 0.717) is 32.8 Å². The van der Waals surface area contributed by atoms with E-state index >= 15 is 0 Å². The molecule has 21 heavy (non-hydrogen) atoms. The molecule has 0 unspecified atom stereocenters. The molecule has 0 saturated heterocycles. The van der Waals surface area contributed by atoms with Gasteiger partial charge in [0.05, 0.1) is 19.8 Å². The summed E-state index contributed by atoms with van der Waals surface area (Å²) in [5, 5.41) is 2.97. The number of rotatable bonds is 9. The van der Waals surface area contributed by atoms with Crippen LogP contribution in [0.4, 0.5) is 5.69 Å². The van der Waals surface area contributed by atoms with Crippen LogP contribution < -0.4 is 5.32 Å². The summed E-state index contributed by atoms with van der Waals surface area (Å²) >= 11 is 0. The fourth-order valence-corrected chi connectivity index (χ4v) is 1.99. The van der Waals surface area contributed by atoms with Crippen molar-refractivity contribution in [1.82, 2.24) is 4.90 Å². The predicted molar refractivity (Wildman–Crippen MR) is 84.7 cm³/mol. The second-order valence-electron chi connectivity index (χ2n) is 5.06. The summed E-state index contributed by atoms with van der Waals surface area (Å²) in [6.45, 7) is 6.99. The van der Waals surface area contributed by atoms with Crippen LogP contribution in [0.15, 0.2) is 18.2 Å². The van der Waals surface area contributed by atoms with Gasteiger partial charge in [0.1, 0.15) is 0 Å². The fourth-order valence-electron chi connectivity index (χ4n) is 1.99. The highest BCUT2D eigenvalue weighted by atomic mass is 16.5. The molecule has 1 N–H and O–H groups in total. The molecule has 0 atom stereocenters. The lowest BCUT2D eigenvalue weighted by Crippen LogP contribution is -2.37. The third-order valence-electron chi connectivity index (χ3n) is 3.47. The van der Waals surface area contributed by atoms with Crippen molar-refractivity contribution >= 4 is 11.6 Å². The molecule has 0 spiro atoms. The van der Waals surface area contributed by atoms with Gasteiger partial charge < -0.3 is 14.8 Å². The van der Waals surface area contributed by atoms with Gasteiger partial charge in [0.25, 0.3) is 0 Å². The molecular formula is C16H26N2O3. The van der Waals surface area contributed by atoms with Crippen LogP contribution in [-0.4, -0.2) is 57.9 Å². The Morgan fingerprint density at radius 3 is 2.33 bits per heavy atom. The van der Waals surface area contributed by atoms with E-state index in [1.807, 2.05) is 36.9 Å². The minimum Gasteiger partial charge on any atom is -0.383 e. The molecule has 0 aromatic heterocycles. The molecule has 1 rings (SSSR count). The van der Waals surface area contributed by atoms with Gasteiger partial charge >= 0.3 is 0 Å². The van der Waals surface area contributed by atoms with Crippen LogP contribution in [0, 0.1) is 13.8 Å². The Morgan fingerprint density at radius 1 is 1.14 bits per heavy atom. The van der Waals surface area contributed by atoms with E-state index in [0.717, 1.165) is 11.3 Å². The predicted octanol–water partition coefficient (Wildman–Crippen LogP) is 1.84. The van der Waals surface area contributed by atoms with Crippen molar-refractivity contribution in [3.05, 3.63) is 29.3 Å². The Balaban J connectivity index is 2.57. The Bertz CT molecular complexity index is 441. The van der Waals surface area contributed by atoms with Crippen LogP contribution in [0.1, 0.15) is 11.1 Å². The van der Waals surface area contributed by atoms with Crippen LogP contribution in [0.3, 0.4) is 0 Å². The topological polar surface area (TPSA) is 50.8 Å². The molecule has 0 aliphatic carbocycles. The van der Waals surface area contributed by atoms with E-state index in [2.05, 4.69) is 5.32 Å². The minimum absolute atomic E-state index is 0.0177. The minimum atomic E-state index is -0.0177. The number of ether oxygens (including phenoxy) is 2. The van der Waals surface area contributed by atoms with Gasteiger partial charge in [0, 0.05) is 33.0 Å². The zero-order chi connectivity index (χ0) is 15.7. The molecular weight excluding hydrogens is 268 g/mol. The normalized spacial score (nSPS) is 10.9. The van der Waals surface area contributed by atoms with E-state index in [-0.39, 0.29) is 5.91 Å². The molecule has 1 amide bonds. The molecule has 0 heterocycles. The van der Waals surface area contributed by atoms with Crippen molar-refractivity contribution in [2.45, 2.75) is 13.8 Å². The first-order valence-electron chi connectivity index (χ1n) is 7.14. The molecule has 5 nitrogen and oxygen atoms in total. The van der Waals surface area contributed by atoms with Gasteiger partial charge in [-0.25, -0.2) is 0 Å². The van der Waals surface area contributed by atoms with Crippen LogP contribution in [-0.2, 0) is 14.3 Å². The van der Waals surface area contributed by atoms with Crippen molar-refractivity contribution in [2.24, 2.45) is 0 Å². The second kappa shape index (κ2) is 9.50. The third kappa shape index (κ3) is 6.25. The van der Waals surface area contributed by atoms with Gasteiger partial charge in [0.2, 0.25) is 5.91 Å². The highest BCUT2D eigenvalue weighted by Crippen LogP contribution is 2.17. The van der Waals surface area contributed by atoms with Gasteiger partial charge in [-0.3, -0.25) is 9.69 Å². The van der Waals surface area contributed by atoms with Crippen LogP contribution in [0.5, 0.6) is 0 Å². The second-order valence-corrected chi connectivity index (χ2v) is 5.06. The van der Waals surface area contributed by atoms with Gasteiger partial charge in [-0.05, 0) is 31.0 Å². The number of anilines is 1. The van der Waals surface area contributed by atoms with E-state index in [9.17, 15) is 4.79 Å². The van der Waals surface area contributed by atoms with Crippen molar-refractivity contribution in [3.8, 4) is 0 Å². The first-order valence-corrected chi connectivity index (χ1v) is 7.14. The molecule has 5 heteroatoms. The highest BCUT2D eigenvalue weighted by Gasteiger charge is 2.12. The van der Waals surface area contributed by atoms with Crippen LogP contribution in [0.2, 0.25) is 0 Å². The molecule has 0 bridgehead atoms. The summed E-state index contributed by atoms with van der Waals surface area (Å²) in [6, 6.07) is 5.91. The maximum Gasteiger partial charge on any atom is 0.238 e. The number of carbonyl (C=O) groups is 1. The number of hydrogen-bond donors (Lipinski definition) is 1. The summed E-state index contributed by atoms with van der Waals surface area (Å²) < 4.78 is 10.1. The van der Waals surface area contributed by atoms with Crippen molar-refractivity contribution in [1.29, 1.82) is 0 Å². The SMILES string of the molecule is COCCN(CCOC)CC(=O)Nc1cccc(C)c1C. The summed E-state index contributed by atoms with van der Waals surface area (Å²) in [5.74, 6) is -0.0177. The quantitative estimate of drug-likeness (QED) is 0.755. The average Bonchev–Trinajstić information content (AvgIpc) is 2.46. The molecule has 118 valence electrons. The van der Waals surface area contributed by atoms with Gasteiger partial charge in [-0.2, -0.15) is 0 Å². The highest BCUT2D eigenvalue weighted by molar-refractivity contribution is 5.93.